The maximum atomic E-state index is 6.60. The molecule has 0 heterocycles. The molecule has 0 saturated heterocycles. The Morgan fingerprint density at radius 3 is 2.65 bits per heavy atom. The zero-order valence-corrected chi connectivity index (χ0v) is 16.1. The average molecular weight is 344 g/mol. The lowest BCUT2D eigenvalue weighted by Crippen LogP contribution is -2.18. The Labute approximate surface area is 158 Å². The summed E-state index contributed by atoms with van der Waals surface area (Å²) >= 11 is 0. The highest BCUT2D eigenvalue weighted by molar-refractivity contribution is 5.81. The fourth-order valence-corrected chi connectivity index (χ4v) is 3.71. The van der Waals surface area contributed by atoms with E-state index in [-0.39, 0.29) is 5.41 Å². The highest BCUT2D eigenvalue weighted by Gasteiger charge is 2.27. The molecular weight excluding hydrogens is 314 g/mol. The van der Waals surface area contributed by atoms with Crippen molar-refractivity contribution in [3.8, 4) is 0 Å². The minimum absolute atomic E-state index is 0.0170. The van der Waals surface area contributed by atoms with Gasteiger partial charge in [0.1, 0.15) is 0 Å². The highest BCUT2D eigenvalue weighted by atomic mass is 14.6. The quantitative estimate of drug-likeness (QED) is 0.677. The molecule has 0 aliphatic heterocycles. The first-order chi connectivity index (χ1) is 12.5. The summed E-state index contributed by atoms with van der Waals surface area (Å²) in [5.41, 5.74) is 12.5. The molecule has 1 aromatic rings. The number of allylic oxidation sites excluding steroid dienone is 11. The van der Waals surface area contributed by atoms with E-state index in [0.29, 0.717) is 5.92 Å². The molecule has 0 radical (unpaired) electrons. The van der Waals surface area contributed by atoms with Gasteiger partial charge < -0.3 is 5.73 Å². The van der Waals surface area contributed by atoms with Gasteiger partial charge in [-0.15, -0.1) is 0 Å². The van der Waals surface area contributed by atoms with Gasteiger partial charge in [0.05, 0.1) is 0 Å². The standard InChI is InChI=1S/C25H29N/c1-4-25(3)17-11-10-16-23(25)22(20-13-6-5-7-14-20)18-24(26)21-15-9-8-12-19(21)2/h5-11,13-19H,4,12,26H2,1-3H3/b23-22+,24-18-. The van der Waals surface area contributed by atoms with Crippen molar-refractivity contribution in [1.82, 2.24) is 0 Å². The molecule has 0 saturated carbocycles. The van der Waals surface area contributed by atoms with Gasteiger partial charge in [-0.3, -0.25) is 0 Å². The summed E-state index contributed by atoms with van der Waals surface area (Å²) in [5.74, 6) is 0.456. The third-order valence-corrected chi connectivity index (χ3v) is 5.63. The van der Waals surface area contributed by atoms with Crippen LogP contribution in [0.1, 0.15) is 39.2 Å². The Bertz CT molecular complexity index is 830. The molecule has 0 fully saturated rings. The van der Waals surface area contributed by atoms with Crippen LogP contribution in [-0.4, -0.2) is 0 Å². The lowest BCUT2D eigenvalue weighted by Gasteiger charge is -2.31. The van der Waals surface area contributed by atoms with Crippen molar-refractivity contribution < 1.29 is 0 Å². The molecule has 2 N–H and O–H groups in total. The molecule has 0 amide bonds. The number of hydrogen-bond donors (Lipinski definition) is 1. The Hall–Kier alpha value is -2.54. The zero-order valence-electron chi connectivity index (χ0n) is 16.1. The zero-order chi connectivity index (χ0) is 18.6. The molecule has 2 unspecified atom stereocenters. The van der Waals surface area contributed by atoms with Crippen molar-refractivity contribution in [1.29, 1.82) is 0 Å². The Morgan fingerprint density at radius 2 is 1.96 bits per heavy atom. The van der Waals surface area contributed by atoms with Crippen LogP contribution in [0.5, 0.6) is 0 Å². The average Bonchev–Trinajstić information content (AvgIpc) is 2.67. The number of nitrogens with two attached hydrogens (primary N) is 1. The van der Waals surface area contributed by atoms with Crippen LogP contribution in [0.4, 0.5) is 0 Å². The first-order valence-electron chi connectivity index (χ1n) is 9.55. The van der Waals surface area contributed by atoms with E-state index in [1.807, 2.05) is 0 Å². The monoisotopic (exact) mass is 343 g/mol. The summed E-state index contributed by atoms with van der Waals surface area (Å²) in [7, 11) is 0. The molecule has 26 heavy (non-hydrogen) atoms. The van der Waals surface area contributed by atoms with Crippen LogP contribution in [0.2, 0.25) is 0 Å². The van der Waals surface area contributed by atoms with E-state index in [0.717, 1.165) is 18.5 Å². The van der Waals surface area contributed by atoms with E-state index in [2.05, 4.69) is 99.7 Å². The van der Waals surface area contributed by atoms with E-state index in [1.165, 1.54) is 22.3 Å². The second kappa shape index (κ2) is 7.78. The van der Waals surface area contributed by atoms with Crippen molar-refractivity contribution in [2.75, 3.05) is 0 Å². The first-order valence-corrected chi connectivity index (χ1v) is 9.55. The molecule has 2 aliphatic carbocycles. The van der Waals surface area contributed by atoms with Gasteiger partial charge in [-0.05, 0) is 47.1 Å². The molecule has 134 valence electrons. The van der Waals surface area contributed by atoms with Crippen molar-refractivity contribution >= 4 is 5.57 Å². The van der Waals surface area contributed by atoms with Crippen LogP contribution < -0.4 is 5.73 Å². The van der Waals surface area contributed by atoms with Gasteiger partial charge in [0.15, 0.2) is 0 Å². The topological polar surface area (TPSA) is 26.0 Å². The summed E-state index contributed by atoms with van der Waals surface area (Å²) in [4.78, 5) is 0. The molecule has 2 aliphatic rings. The fraction of sp³-hybridized carbons (Fsp3) is 0.280. The van der Waals surface area contributed by atoms with E-state index in [4.69, 9.17) is 5.73 Å². The molecule has 0 spiro atoms. The number of benzene rings is 1. The lowest BCUT2D eigenvalue weighted by atomic mass is 9.73. The van der Waals surface area contributed by atoms with E-state index in [1.54, 1.807) is 0 Å². The summed E-state index contributed by atoms with van der Waals surface area (Å²) in [6.07, 6.45) is 19.6. The molecule has 2 atom stereocenters. The lowest BCUT2D eigenvalue weighted by molar-refractivity contribution is 0.505. The van der Waals surface area contributed by atoms with Gasteiger partial charge in [0.2, 0.25) is 0 Å². The predicted octanol–water partition coefficient (Wildman–Crippen LogP) is 6.35. The van der Waals surface area contributed by atoms with Crippen LogP contribution >= 0.6 is 0 Å². The Kier molecular flexibility index (Phi) is 5.46. The van der Waals surface area contributed by atoms with Crippen molar-refractivity contribution in [2.24, 2.45) is 17.1 Å². The molecular formula is C25H29N. The van der Waals surface area contributed by atoms with Crippen LogP contribution in [0.25, 0.3) is 5.57 Å². The Balaban J connectivity index is 2.17. The Morgan fingerprint density at radius 1 is 1.19 bits per heavy atom. The molecule has 1 aromatic carbocycles. The number of hydrogen-bond acceptors (Lipinski definition) is 1. The first kappa shape index (κ1) is 18.3. The second-order valence-electron chi connectivity index (χ2n) is 7.47. The van der Waals surface area contributed by atoms with Crippen molar-refractivity contribution in [2.45, 2.75) is 33.6 Å². The maximum absolute atomic E-state index is 6.60. The van der Waals surface area contributed by atoms with E-state index < -0.39 is 0 Å². The maximum Gasteiger partial charge on any atom is 0.0355 e. The van der Waals surface area contributed by atoms with Crippen LogP contribution in [0, 0.1) is 11.3 Å². The molecule has 1 heteroatoms. The summed E-state index contributed by atoms with van der Waals surface area (Å²) in [5, 5.41) is 0. The third kappa shape index (κ3) is 3.67. The van der Waals surface area contributed by atoms with Gasteiger partial charge in [0, 0.05) is 11.1 Å². The number of rotatable bonds is 4. The van der Waals surface area contributed by atoms with E-state index >= 15 is 0 Å². The van der Waals surface area contributed by atoms with Crippen LogP contribution in [0.3, 0.4) is 0 Å². The van der Waals surface area contributed by atoms with Crippen LogP contribution in [0.15, 0.2) is 95.8 Å². The molecule has 0 aromatic heterocycles. The fourth-order valence-electron chi connectivity index (χ4n) is 3.71. The minimum Gasteiger partial charge on any atom is -0.398 e. The smallest absolute Gasteiger partial charge is 0.0355 e. The molecule has 3 rings (SSSR count). The third-order valence-electron chi connectivity index (χ3n) is 5.63. The van der Waals surface area contributed by atoms with Crippen LogP contribution in [-0.2, 0) is 0 Å². The minimum atomic E-state index is 0.0170. The second-order valence-corrected chi connectivity index (χ2v) is 7.47. The van der Waals surface area contributed by atoms with Gasteiger partial charge in [-0.25, -0.2) is 0 Å². The summed E-state index contributed by atoms with van der Waals surface area (Å²) in [6, 6.07) is 10.6. The molecule has 0 bridgehead atoms. The van der Waals surface area contributed by atoms with E-state index in [9.17, 15) is 0 Å². The molecule has 1 nitrogen and oxygen atoms in total. The normalized spacial score (nSPS) is 27.4. The van der Waals surface area contributed by atoms with Gasteiger partial charge >= 0.3 is 0 Å². The van der Waals surface area contributed by atoms with Gasteiger partial charge in [-0.1, -0.05) is 93.6 Å². The van der Waals surface area contributed by atoms with Crippen molar-refractivity contribution in [3.05, 3.63) is 101 Å². The van der Waals surface area contributed by atoms with Gasteiger partial charge in [-0.2, -0.15) is 0 Å². The predicted molar refractivity (Wildman–Crippen MR) is 113 cm³/mol. The highest BCUT2D eigenvalue weighted by Crippen LogP contribution is 2.41. The van der Waals surface area contributed by atoms with Gasteiger partial charge in [0.25, 0.3) is 0 Å². The van der Waals surface area contributed by atoms with Crippen molar-refractivity contribution in [3.63, 3.8) is 0 Å². The SMILES string of the molecule is CCC1(C)C=CC=C/C1=C(/C=C(\N)C1=CC=CCC1C)c1ccccc1. The largest absolute Gasteiger partial charge is 0.398 e. The summed E-state index contributed by atoms with van der Waals surface area (Å²) < 4.78 is 0. The summed E-state index contributed by atoms with van der Waals surface area (Å²) in [6.45, 7) is 6.79.